The van der Waals surface area contributed by atoms with Crippen molar-refractivity contribution in [3.63, 3.8) is 0 Å². The third-order valence-corrected chi connectivity index (χ3v) is 4.81. The van der Waals surface area contributed by atoms with Gasteiger partial charge >= 0.3 is 0 Å². The molecule has 3 nitrogen and oxygen atoms in total. The van der Waals surface area contributed by atoms with Gasteiger partial charge in [0.05, 0.1) is 0 Å². The van der Waals surface area contributed by atoms with E-state index in [4.69, 9.17) is 5.73 Å². The third-order valence-electron chi connectivity index (χ3n) is 4.81. The summed E-state index contributed by atoms with van der Waals surface area (Å²) < 4.78 is 27.6. The van der Waals surface area contributed by atoms with E-state index in [1.807, 2.05) is 12.1 Å². The molecular weight excluding hydrogens is 322 g/mol. The maximum Gasteiger partial charge on any atom is 0.254 e. The van der Waals surface area contributed by atoms with E-state index in [2.05, 4.69) is 0 Å². The molecule has 0 aromatic heterocycles. The van der Waals surface area contributed by atoms with Gasteiger partial charge in [-0.2, -0.15) is 0 Å². The van der Waals surface area contributed by atoms with E-state index >= 15 is 0 Å². The van der Waals surface area contributed by atoms with Crippen molar-refractivity contribution in [1.29, 1.82) is 0 Å². The lowest BCUT2D eigenvalue weighted by molar-refractivity contribution is 0.0662. The van der Waals surface area contributed by atoms with Crippen LogP contribution < -0.4 is 5.73 Å². The van der Waals surface area contributed by atoms with Crippen molar-refractivity contribution >= 4 is 5.91 Å². The number of rotatable bonds is 5. The molecular formula is C20H22F2N2O. The largest absolute Gasteiger partial charge is 0.331 e. The quantitative estimate of drug-likeness (QED) is 0.891. The van der Waals surface area contributed by atoms with Crippen molar-refractivity contribution in [3.8, 4) is 0 Å². The number of halogens is 2. The van der Waals surface area contributed by atoms with E-state index < -0.39 is 11.6 Å². The Morgan fingerprint density at radius 1 is 1.08 bits per heavy atom. The minimum Gasteiger partial charge on any atom is -0.331 e. The molecule has 1 amide bonds. The average molecular weight is 344 g/mol. The van der Waals surface area contributed by atoms with E-state index in [0.717, 1.165) is 43.4 Å². The first-order valence-corrected chi connectivity index (χ1v) is 8.62. The van der Waals surface area contributed by atoms with Gasteiger partial charge < -0.3 is 10.6 Å². The van der Waals surface area contributed by atoms with E-state index in [9.17, 15) is 13.6 Å². The van der Waals surface area contributed by atoms with Crippen molar-refractivity contribution in [3.05, 3.63) is 70.8 Å². The second-order valence-corrected chi connectivity index (χ2v) is 6.51. The number of hydrogen-bond donors (Lipinski definition) is 1. The van der Waals surface area contributed by atoms with Gasteiger partial charge in [-0.1, -0.05) is 25.0 Å². The Labute approximate surface area is 146 Å². The normalized spacial score (nSPS) is 14.7. The number of hydrogen-bond acceptors (Lipinski definition) is 2. The monoisotopic (exact) mass is 344 g/mol. The number of nitrogens with zero attached hydrogens (tertiary/aromatic N) is 1. The standard InChI is InChI=1S/C20H22F2N2O/c21-17-9-10-19(22)16(11-17)13-24(18-3-1-2-4-18)20(25)15-7-5-14(12-23)6-8-15/h5-11,18H,1-4,12-13,23H2. The Balaban J connectivity index is 1.88. The molecule has 1 fully saturated rings. The van der Waals surface area contributed by atoms with Gasteiger partial charge in [0.25, 0.3) is 5.91 Å². The predicted molar refractivity (Wildman–Crippen MR) is 92.8 cm³/mol. The molecule has 0 bridgehead atoms. The summed E-state index contributed by atoms with van der Waals surface area (Å²) >= 11 is 0. The van der Waals surface area contributed by atoms with Crippen molar-refractivity contribution in [1.82, 2.24) is 4.90 Å². The summed E-state index contributed by atoms with van der Waals surface area (Å²) in [6.07, 6.45) is 3.88. The van der Waals surface area contributed by atoms with Gasteiger partial charge in [0, 0.05) is 30.3 Å². The third kappa shape index (κ3) is 4.04. The molecule has 0 aliphatic heterocycles. The van der Waals surface area contributed by atoms with Crippen molar-refractivity contribution in [2.45, 2.75) is 44.8 Å². The van der Waals surface area contributed by atoms with Gasteiger partial charge in [-0.25, -0.2) is 8.78 Å². The van der Waals surface area contributed by atoms with Gasteiger partial charge in [-0.15, -0.1) is 0 Å². The Morgan fingerprint density at radius 3 is 2.40 bits per heavy atom. The molecule has 1 aliphatic rings. The number of amides is 1. The van der Waals surface area contributed by atoms with E-state index in [1.165, 1.54) is 6.07 Å². The molecule has 2 aromatic rings. The van der Waals surface area contributed by atoms with Crippen LogP contribution in [0.3, 0.4) is 0 Å². The molecule has 5 heteroatoms. The molecule has 25 heavy (non-hydrogen) atoms. The Kier molecular flexibility index (Phi) is 5.43. The van der Waals surface area contributed by atoms with Crippen LogP contribution in [0.1, 0.15) is 47.2 Å². The maximum atomic E-state index is 14.1. The van der Waals surface area contributed by atoms with Crippen LogP contribution in [-0.4, -0.2) is 16.8 Å². The van der Waals surface area contributed by atoms with Gasteiger partial charge in [-0.3, -0.25) is 4.79 Å². The number of benzene rings is 2. The fourth-order valence-corrected chi connectivity index (χ4v) is 3.38. The second-order valence-electron chi connectivity index (χ2n) is 6.51. The SMILES string of the molecule is NCc1ccc(C(=O)N(Cc2cc(F)ccc2F)C2CCCC2)cc1. The lowest BCUT2D eigenvalue weighted by atomic mass is 10.1. The molecule has 2 aromatic carbocycles. The van der Waals surface area contributed by atoms with Crippen LogP contribution in [0, 0.1) is 11.6 Å². The number of carbonyl (C=O) groups is 1. The van der Waals surface area contributed by atoms with Crippen LogP contribution in [0.15, 0.2) is 42.5 Å². The highest BCUT2D eigenvalue weighted by Gasteiger charge is 2.28. The second kappa shape index (κ2) is 7.74. The molecule has 0 spiro atoms. The zero-order chi connectivity index (χ0) is 17.8. The first kappa shape index (κ1) is 17.5. The van der Waals surface area contributed by atoms with Crippen molar-refractivity contribution < 1.29 is 13.6 Å². The van der Waals surface area contributed by atoms with Crippen LogP contribution in [0.25, 0.3) is 0 Å². The lowest BCUT2D eigenvalue weighted by Crippen LogP contribution is -2.38. The molecule has 0 heterocycles. The Bertz CT molecular complexity index is 740. The smallest absolute Gasteiger partial charge is 0.254 e. The Morgan fingerprint density at radius 2 is 1.76 bits per heavy atom. The van der Waals surface area contributed by atoms with Gasteiger partial charge in [0.2, 0.25) is 0 Å². The fourth-order valence-electron chi connectivity index (χ4n) is 3.38. The molecule has 2 N–H and O–H groups in total. The van der Waals surface area contributed by atoms with Crippen LogP contribution in [0.2, 0.25) is 0 Å². The summed E-state index contributed by atoms with van der Waals surface area (Å²) in [5, 5.41) is 0. The zero-order valence-corrected chi connectivity index (χ0v) is 14.1. The van der Waals surface area contributed by atoms with Crippen molar-refractivity contribution in [2.24, 2.45) is 5.73 Å². The topological polar surface area (TPSA) is 46.3 Å². The molecule has 0 unspecified atom stereocenters. The fraction of sp³-hybridized carbons (Fsp3) is 0.350. The van der Waals surface area contributed by atoms with E-state index in [1.54, 1.807) is 17.0 Å². The van der Waals surface area contributed by atoms with Gasteiger partial charge in [0.15, 0.2) is 0 Å². The lowest BCUT2D eigenvalue weighted by Gasteiger charge is -2.29. The number of carbonyl (C=O) groups excluding carboxylic acids is 1. The molecule has 0 atom stereocenters. The molecule has 132 valence electrons. The van der Waals surface area contributed by atoms with Crippen molar-refractivity contribution in [2.75, 3.05) is 0 Å². The highest BCUT2D eigenvalue weighted by Crippen LogP contribution is 2.27. The summed E-state index contributed by atoms with van der Waals surface area (Å²) in [5.74, 6) is -1.14. The molecule has 1 saturated carbocycles. The zero-order valence-electron chi connectivity index (χ0n) is 14.1. The maximum absolute atomic E-state index is 14.1. The predicted octanol–water partition coefficient (Wildman–Crippen LogP) is 4.01. The molecule has 0 saturated heterocycles. The summed E-state index contributed by atoms with van der Waals surface area (Å²) in [7, 11) is 0. The highest BCUT2D eigenvalue weighted by atomic mass is 19.1. The van der Waals surface area contributed by atoms with Crippen LogP contribution in [0.5, 0.6) is 0 Å². The summed E-state index contributed by atoms with van der Waals surface area (Å²) in [6, 6.07) is 10.6. The van der Waals surface area contributed by atoms with Gasteiger partial charge in [-0.05, 0) is 48.7 Å². The van der Waals surface area contributed by atoms with Gasteiger partial charge in [0.1, 0.15) is 11.6 Å². The first-order valence-electron chi connectivity index (χ1n) is 8.62. The van der Waals surface area contributed by atoms with Crippen LogP contribution in [-0.2, 0) is 13.1 Å². The highest BCUT2D eigenvalue weighted by molar-refractivity contribution is 5.94. The van der Waals surface area contributed by atoms with E-state index in [0.29, 0.717) is 12.1 Å². The summed E-state index contributed by atoms with van der Waals surface area (Å²) in [4.78, 5) is 14.7. The van der Waals surface area contributed by atoms with Crippen LogP contribution in [0.4, 0.5) is 8.78 Å². The molecule has 1 aliphatic carbocycles. The minimum atomic E-state index is -0.498. The Hall–Kier alpha value is -2.27. The van der Waals surface area contributed by atoms with Crippen LogP contribution >= 0.6 is 0 Å². The number of nitrogens with two attached hydrogens (primary N) is 1. The summed E-state index contributed by atoms with van der Waals surface area (Å²) in [6.45, 7) is 0.487. The van der Waals surface area contributed by atoms with E-state index in [-0.39, 0.29) is 24.1 Å². The minimum absolute atomic E-state index is 0.0596. The average Bonchev–Trinajstić information content (AvgIpc) is 3.16. The molecule has 3 rings (SSSR count). The molecule has 0 radical (unpaired) electrons. The first-order chi connectivity index (χ1) is 12.1. The summed E-state index contributed by atoms with van der Waals surface area (Å²) in [5.41, 5.74) is 7.29.